The van der Waals surface area contributed by atoms with Gasteiger partial charge in [-0.2, -0.15) is 0 Å². The van der Waals surface area contributed by atoms with Crippen molar-refractivity contribution in [2.24, 2.45) is 11.8 Å². The maximum absolute atomic E-state index is 13.1. The Morgan fingerprint density at radius 2 is 0.554 bits per heavy atom. The van der Waals surface area contributed by atoms with E-state index in [0.29, 0.717) is 25.7 Å². The smallest absolute Gasteiger partial charge is 0.462 e. The minimum Gasteiger partial charge on any atom is -0.462 e. The van der Waals surface area contributed by atoms with Gasteiger partial charge in [-0.15, -0.1) is 0 Å². The molecule has 0 radical (unpaired) electrons. The van der Waals surface area contributed by atoms with Gasteiger partial charge in [-0.05, 0) is 37.5 Å². The number of hydrogen-bond donors (Lipinski definition) is 3. The Bertz CT molecular complexity index is 1790. The van der Waals surface area contributed by atoms with Crippen LogP contribution in [0, 0.1) is 11.8 Å². The van der Waals surface area contributed by atoms with E-state index in [1.165, 1.54) is 186 Å². The van der Waals surface area contributed by atoms with Crippen molar-refractivity contribution in [1.82, 2.24) is 0 Å². The minimum absolute atomic E-state index is 0.107. The third-order valence-electron chi connectivity index (χ3n) is 17.3. The number of carbonyl (C=O) groups excluding carboxylic acids is 4. The maximum atomic E-state index is 13.1. The first-order valence-electron chi connectivity index (χ1n) is 38.0. The Morgan fingerprint density at radius 3 is 0.826 bits per heavy atom. The van der Waals surface area contributed by atoms with Crippen molar-refractivity contribution in [3.05, 3.63) is 0 Å². The van der Waals surface area contributed by atoms with Crippen molar-refractivity contribution in [3.8, 4) is 0 Å². The number of hydrogen-bond acceptors (Lipinski definition) is 15. The fourth-order valence-corrected chi connectivity index (χ4v) is 12.7. The first-order chi connectivity index (χ1) is 44.4. The SMILES string of the molecule is CCCCCCCCCCCCCCC(=O)O[C@H](COC(=O)CCCCCCCCCC)COP(=O)(O)OC[C@H](O)COP(=O)(O)OC[C@@H](COC(=O)CCCCCCCCCCCCCC(C)C)OC(=O)CCCCCCCCCCCCCCCCC(C)CC. The van der Waals surface area contributed by atoms with Crippen molar-refractivity contribution < 1.29 is 80.2 Å². The van der Waals surface area contributed by atoms with Crippen LogP contribution >= 0.6 is 15.6 Å². The van der Waals surface area contributed by atoms with Crippen molar-refractivity contribution in [3.63, 3.8) is 0 Å². The molecule has 0 amide bonds. The van der Waals surface area contributed by atoms with E-state index in [0.717, 1.165) is 108 Å². The molecule has 0 aliphatic heterocycles. The molecule has 0 aliphatic rings. The molecule has 546 valence electrons. The molecule has 0 saturated heterocycles. The normalized spacial score (nSPS) is 14.4. The van der Waals surface area contributed by atoms with Gasteiger partial charge in [0.05, 0.1) is 26.4 Å². The fraction of sp³-hybridized carbons (Fsp3) is 0.945. The largest absolute Gasteiger partial charge is 0.472 e. The Labute approximate surface area is 562 Å². The molecule has 92 heavy (non-hydrogen) atoms. The standard InChI is InChI=1S/C73H142O17P2/c1-7-10-12-14-16-18-19-27-33-39-45-51-57-72(77)89-68(61-83-70(75)55-49-43-37-17-15-13-11-8-2)63-87-91(79,80)85-59-67(74)60-86-92(81,82)88-64-69(62-84-71(76)56-50-44-38-32-29-24-25-30-35-41-47-53-65(4)5)90-73(78)58-52-46-40-34-28-23-21-20-22-26-31-36-42-48-54-66(6)9-3/h65-69,74H,7-64H2,1-6H3,(H,79,80)(H,81,82)/t66?,67-,68+,69+/m0/s1. The van der Waals surface area contributed by atoms with Gasteiger partial charge in [0.25, 0.3) is 0 Å². The minimum atomic E-state index is -4.95. The average molecular weight is 1350 g/mol. The van der Waals surface area contributed by atoms with E-state index < -0.39 is 97.5 Å². The molecule has 0 aromatic carbocycles. The molecule has 0 bridgehead atoms. The van der Waals surface area contributed by atoms with Crippen LogP contribution < -0.4 is 0 Å². The van der Waals surface area contributed by atoms with Gasteiger partial charge in [-0.1, -0.05) is 324 Å². The highest BCUT2D eigenvalue weighted by molar-refractivity contribution is 7.47. The second-order valence-corrected chi connectivity index (χ2v) is 30.0. The lowest BCUT2D eigenvalue weighted by Crippen LogP contribution is -2.30. The summed E-state index contributed by atoms with van der Waals surface area (Å²) in [4.78, 5) is 72.6. The van der Waals surface area contributed by atoms with Gasteiger partial charge >= 0.3 is 39.5 Å². The summed E-state index contributed by atoms with van der Waals surface area (Å²) >= 11 is 0. The van der Waals surface area contributed by atoms with Gasteiger partial charge in [-0.3, -0.25) is 37.3 Å². The van der Waals surface area contributed by atoms with Gasteiger partial charge in [0, 0.05) is 25.7 Å². The molecule has 3 N–H and O–H groups in total. The lowest BCUT2D eigenvalue weighted by atomic mass is 9.99. The quantitative estimate of drug-likeness (QED) is 0.0222. The zero-order valence-electron chi connectivity index (χ0n) is 59.9. The van der Waals surface area contributed by atoms with Crippen LogP contribution in [-0.4, -0.2) is 96.7 Å². The number of phosphoric ester groups is 2. The lowest BCUT2D eigenvalue weighted by molar-refractivity contribution is -0.161. The predicted octanol–water partition coefficient (Wildman–Crippen LogP) is 21.2. The molecule has 6 atom stereocenters. The summed E-state index contributed by atoms with van der Waals surface area (Å²) in [6.07, 6.45) is 51.2. The van der Waals surface area contributed by atoms with E-state index in [-0.39, 0.29) is 25.7 Å². The van der Waals surface area contributed by atoms with Crippen LogP contribution in [0.5, 0.6) is 0 Å². The molecule has 0 aromatic rings. The number of phosphoric acid groups is 2. The number of rotatable bonds is 72. The van der Waals surface area contributed by atoms with Crippen LogP contribution in [0.3, 0.4) is 0 Å². The number of esters is 4. The van der Waals surface area contributed by atoms with E-state index in [9.17, 15) is 43.2 Å². The first-order valence-corrected chi connectivity index (χ1v) is 41.0. The summed E-state index contributed by atoms with van der Waals surface area (Å²) in [6, 6.07) is 0. The third-order valence-corrected chi connectivity index (χ3v) is 19.2. The third kappa shape index (κ3) is 65.4. The van der Waals surface area contributed by atoms with Crippen LogP contribution in [0.25, 0.3) is 0 Å². The molecule has 0 fully saturated rings. The van der Waals surface area contributed by atoms with E-state index in [1.807, 2.05) is 0 Å². The van der Waals surface area contributed by atoms with Crippen LogP contribution in [0.15, 0.2) is 0 Å². The number of aliphatic hydroxyl groups is 1. The second kappa shape index (κ2) is 65.0. The van der Waals surface area contributed by atoms with Gasteiger partial charge in [0.15, 0.2) is 12.2 Å². The Morgan fingerprint density at radius 1 is 0.315 bits per heavy atom. The van der Waals surface area contributed by atoms with Crippen LogP contribution in [0.2, 0.25) is 0 Å². The molecule has 0 saturated carbocycles. The molecular formula is C73H142O17P2. The average Bonchev–Trinajstić information content (AvgIpc) is 3.09. The van der Waals surface area contributed by atoms with Gasteiger partial charge in [0.1, 0.15) is 19.3 Å². The van der Waals surface area contributed by atoms with Crippen molar-refractivity contribution in [1.29, 1.82) is 0 Å². The molecule has 3 unspecified atom stereocenters. The highest BCUT2D eigenvalue weighted by Gasteiger charge is 2.30. The van der Waals surface area contributed by atoms with Gasteiger partial charge in [-0.25, -0.2) is 9.13 Å². The molecule has 0 spiro atoms. The van der Waals surface area contributed by atoms with E-state index in [1.54, 1.807) is 0 Å². The Hall–Kier alpha value is -1.94. The summed E-state index contributed by atoms with van der Waals surface area (Å²) < 4.78 is 68.3. The number of aliphatic hydroxyl groups excluding tert-OH is 1. The molecule has 0 rings (SSSR count). The van der Waals surface area contributed by atoms with Crippen molar-refractivity contribution in [2.75, 3.05) is 39.6 Å². The number of carbonyl (C=O) groups is 4. The Kier molecular flexibility index (Phi) is 63.7. The van der Waals surface area contributed by atoms with Crippen LogP contribution in [0.1, 0.15) is 375 Å². The van der Waals surface area contributed by atoms with Crippen LogP contribution in [-0.2, 0) is 65.4 Å². The maximum Gasteiger partial charge on any atom is 0.472 e. The molecule has 19 heteroatoms. The highest BCUT2D eigenvalue weighted by atomic mass is 31.2. The predicted molar refractivity (Wildman–Crippen MR) is 372 cm³/mol. The summed E-state index contributed by atoms with van der Waals surface area (Å²) in [7, 11) is -9.90. The van der Waals surface area contributed by atoms with E-state index in [2.05, 4.69) is 41.5 Å². The van der Waals surface area contributed by atoms with Gasteiger partial charge < -0.3 is 33.8 Å². The van der Waals surface area contributed by atoms with Crippen molar-refractivity contribution in [2.45, 2.75) is 394 Å². The lowest BCUT2D eigenvalue weighted by Gasteiger charge is -2.21. The topological polar surface area (TPSA) is 237 Å². The monoisotopic (exact) mass is 1350 g/mol. The number of unbranched alkanes of at least 4 members (excludes halogenated alkanes) is 41. The van der Waals surface area contributed by atoms with Gasteiger partial charge in [0.2, 0.25) is 0 Å². The van der Waals surface area contributed by atoms with Crippen molar-refractivity contribution >= 4 is 39.5 Å². The summed E-state index contributed by atoms with van der Waals surface area (Å²) in [5, 5.41) is 10.6. The van der Waals surface area contributed by atoms with E-state index in [4.69, 9.17) is 37.0 Å². The summed E-state index contributed by atoms with van der Waals surface area (Å²) in [6.45, 7) is 9.61. The van der Waals surface area contributed by atoms with Crippen LogP contribution in [0.4, 0.5) is 0 Å². The zero-order chi connectivity index (χ0) is 67.9. The molecule has 0 heterocycles. The number of ether oxygens (including phenoxy) is 4. The first kappa shape index (κ1) is 90.1. The fourth-order valence-electron chi connectivity index (χ4n) is 11.1. The Balaban J connectivity index is 5.22. The molecular weight excluding hydrogens is 1210 g/mol. The molecule has 17 nitrogen and oxygen atoms in total. The zero-order valence-corrected chi connectivity index (χ0v) is 61.6. The summed E-state index contributed by atoms with van der Waals surface area (Å²) in [5.74, 6) is -0.504. The van der Waals surface area contributed by atoms with E-state index >= 15 is 0 Å². The molecule has 0 aliphatic carbocycles. The second-order valence-electron chi connectivity index (χ2n) is 27.1. The molecule has 0 aromatic heterocycles. The highest BCUT2D eigenvalue weighted by Crippen LogP contribution is 2.45. The summed E-state index contributed by atoms with van der Waals surface area (Å²) in [5.41, 5.74) is 0.